The van der Waals surface area contributed by atoms with E-state index in [4.69, 9.17) is 4.74 Å². The number of aryl methyl sites for hydroxylation is 1. The zero-order chi connectivity index (χ0) is 27.0. The Balaban J connectivity index is 1.48. The number of imidazole rings is 1. The van der Waals surface area contributed by atoms with Gasteiger partial charge in [0.05, 0.1) is 17.7 Å². The van der Waals surface area contributed by atoms with E-state index in [0.29, 0.717) is 11.2 Å². The number of nitrogens with one attached hydrogen (secondary N) is 1. The van der Waals surface area contributed by atoms with Crippen LogP contribution < -0.4 is 14.8 Å². The van der Waals surface area contributed by atoms with Crippen LogP contribution in [0.2, 0.25) is 0 Å². The summed E-state index contributed by atoms with van der Waals surface area (Å²) in [7, 11) is -1.54. The smallest absolute Gasteiger partial charge is 0.422 e. The Kier molecular flexibility index (Phi) is 7.01. The Morgan fingerprint density at radius 2 is 1.89 bits per heavy atom. The Bertz CT molecular complexity index is 1430. The molecule has 3 aromatic heterocycles. The van der Waals surface area contributed by atoms with Crippen molar-refractivity contribution in [3.05, 3.63) is 41.7 Å². The molecule has 37 heavy (non-hydrogen) atoms. The van der Waals surface area contributed by atoms with E-state index in [2.05, 4.69) is 25.0 Å². The third-order valence-corrected chi connectivity index (χ3v) is 7.54. The largest absolute Gasteiger partial charge is 0.482 e. The molecule has 1 amide bonds. The molecule has 0 atom stereocenters. The van der Waals surface area contributed by atoms with Crippen LogP contribution in [-0.2, 0) is 23.5 Å². The number of ether oxygens (including phenoxy) is 2. The number of hydrogen-bond donors (Lipinski definition) is 1. The summed E-state index contributed by atoms with van der Waals surface area (Å²) in [4.78, 5) is 25.3. The Labute approximate surface area is 208 Å². The molecule has 1 aliphatic rings. The van der Waals surface area contributed by atoms with Crippen LogP contribution in [0.5, 0.6) is 11.6 Å². The molecular formula is C22H23F4N5O5S. The quantitative estimate of drug-likeness (QED) is 0.450. The molecule has 200 valence electrons. The molecule has 0 aromatic carbocycles. The fourth-order valence-corrected chi connectivity index (χ4v) is 5.49. The number of fused-ring (bicyclic) bond motifs is 1. The Morgan fingerprint density at radius 1 is 1.19 bits per heavy atom. The maximum atomic E-state index is 13.5. The third kappa shape index (κ3) is 6.45. The highest BCUT2D eigenvalue weighted by Gasteiger charge is 2.35. The van der Waals surface area contributed by atoms with E-state index in [1.54, 1.807) is 20.0 Å². The van der Waals surface area contributed by atoms with Gasteiger partial charge < -0.3 is 19.4 Å². The first-order chi connectivity index (χ1) is 17.2. The number of carbonyl (C=O) groups is 1. The average molecular weight is 546 g/mol. The first kappa shape index (κ1) is 26.6. The van der Waals surface area contributed by atoms with Gasteiger partial charge in [0.2, 0.25) is 11.7 Å². The topological polar surface area (TPSA) is 125 Å². The molecule has 0 unspecified atom stereocenters. The number of rotatable bonds is 7. The number of alkyl halides is 3. The second kappa shape index (κ2) is 9.76. The number of nitrogens with zero attached hydrogens (tertiary/aromatic N) is 4. The van der Waals surface area contributed by atoms with Gasteiger partial charge in [-0.3, -0.25) is 9.78 Å². The number of halogens is 4. The van der Waals surface area contributed by atoms with Crippen molar-refractivity contribution in [1.82, 2.24) is 24.8 Å². The van der Waals surface area contributed by atoms with Crippen molar-refractivity contribution in [3.63, 3.8) is 0 Å². The summed E-state index contributed by atoms with van der Waals surface area (Å²) in [6, 6.07) is 3.77. The van der Waals surface area contributed by atoms with E-state index in [0.717, 1.165) is 12.3 Å². The number of amides is 1. The highest BCUT2D eigenvalue weighted by atomic mass is 32.2. The Hall–Kier alpha value is -3.49. The van der Waals surface area contributed by atoms with Gasteiger partial charge in [0.25, 0.3) is 5.91 Å². The normalized spacial score (nSPS) is 16.9. The van der Waals surface area contributed by atoms with Crippen LogP contribution in [0.25, 0.3) is 11.2 Å². The van der Waals surface area contributed by atoms with Gasteiger partial charge in [0.1, 0.15) is 39.2 Å². The van der Waals surface area contributed by atoms with E-state index < -0.39 is 45.6 Å². The number of hydrogen-bond acceptors (Lipinski definition) is 8. The predicted molar refractivity (Wildman–Crippen MR) is 122 cm³/mol. The van der Waals surface area contributed by atoms with Gasteiger partial charge in [-0.05, 0) is 25.8 Å². The van der Waals surface area contributed by atoms with Crippen molar-refractivity contribution in [2.24, 2.45) is 7.05 Å². The number of pyridine rings is 2. The lowest BCUT2D eigenvalue weighted by atomic mass is 9.95. The van der Waals surface area contributed by atoms with Gasteiger partial charge in [-0.15, -0.1) is 0 Å². The number of carbonyl (C=O) groups excluding carboxylic acids is 1. The molecule has 1 fully saturated rings. The third-order valence-electron chi connectivity index (χ3n) is 5.88. The molecule has 0 saturated carbocycles. The molecular weight excluding hydrogens is 522 g/mol. The average Bonchev–Trinajstić information content (AvgIpc) is 3.15. The summed E-state index contributed by atoms with van der Waals surface area (Å²) in [6.07, 6.45) is -3.22. The van der Waals surface area contributed by atoms with Gasteiger partial charge in [-0.1, -0.05) is 0 Å². The van der Waals surface area contributed by atoms with Gasteiger partial charge in [-0.2, -0.15) is 18.2 Å². The van der Waals surface area contributed by atoms with Crippen molar-refractivity contribution >= 4 is 26.9 Å². The molecule has 10 nitrogen and oxygen atoms in total. The van der Waals surface area contributed by atoms with Gasteiger partial charge in [0, 0.05) is 24.7 Å². The maximum Gasteiger partial charge on any atom is 0.422 e. The van der Waals surface area contributed by atoms with E-state index in [-0.39, 0.29) is 48.4 Å². The summed E-state index contributed by atoms with van der Waals surface area (Å²) in [6.45, 7) is -0.203. The van der Waals surface area contributed by atoms with Gasteiger partial charge in [0.15, 0.2) is 12.3 Å². The van der Waals surface area contributed by atoms with Crippen molar-refractivity contribution in [3.8, 4) is 11.6 Å². The molecule has 0 spiro atoms. The SMILES string of the molecule is Cn1c(C(=O)NC2(C)CCS(=O)(=O)CC2)nc2ccc(OCc3ncc(F)cc3OCC(F)(F)F)nc21. The lowest BCUT2D eigenvalue weighted by molar-refractivity contribution is -0.153. The standard InChI is InChI=1S/C22H23F4N5O5S/c1-21(5-7-37(33,34)8-6-21)30-20(32)19-28-14-3-4-17(29-18(14)31(19)2)35-11-15-16(9-13(23)10-27-15)36-12-22(24,25)26/h3-4,9-10H,5-8,11-12H2,1-2H3,(H,30,32). The van der Waals surface area contributed by atoms with Crippen molar-refractivity contribution in [2.45, 2.75) is 38.1 Å². The first-order valence-corrected chi connectivity index (χ1v) is 12.9. The van der Waals surface area contributed by atoms with Crippen LogP contribution in [0.15, 0.2) is 24.4 Å². The molecule has 0 aliphatic carbocycles. The molecule has 1 aliphatic heterocycles. The molecule has 0 bridgehead atoms. The zero-order valence-corrected chi connectivity index (χ0v) is 20.6. The van der Waals surface area contributed by atoms with E-state index >= 15 is 0 Å². The lowest BCUT2D eigenvalue weighted by Crippen LogP contribution is -2.51. The first-order valence-electron chi connectivity index (χ1n) is 11.1. The summed E-state index contributed by atoms with van der Waals surface area (Å²) in [5.41, 5.74) is -0.0958. The summed E-state index contributed by atoms with van der Waals surface area (Å²) >= 11 is 0. The minimum Gasteiger partial charge on any atom is -0.482 e. The number of aromatic nitrogens is 4. The van der Waals surface area contributed by atoms with Crippen LogP contribution >= 0.6 is 0 Å². The van der Waals surface area contributed by atoms with Gasteiger partial charge in [-0.25, -0.2) is 17.8 Å². The van der Waals surface area contributed by atoms with Crippen LogP contribution in [0.1, 0.15) is 36.1 Å². The highest BCUT2D eigenvalue weighted by molar-refractivity contribution is 7.91. The maximum absolute atomic E-state index is 13.5. The van der Waals surface area contributed by atoms with E-state index in [1.807, 2.05) is 0 Å². The van der Waals surface area contributed by atoms with Crippen LogP contribution in [0.4, 0.5) is 17.6 Å². The van der Waals surface area contributed by atoms with E-state index in [9.17, 15) is 30.8 Å². The van der Waals surface area contributed by atoms with Crippen LogP contribution in [-0.4, -0.2) is 63.7 Å². The second-order valence-electron chi connectivity index (χ2n) is 8.94. The van der Waals surface area contributed by atoms with Crippen molar-refractivity contribution in [2.75, 3.05) is 18.1 Å². The molecule has 3 aromatic rings. The fraction of sp³-hybridized carbons (Fsp3) is 0.455. The molecule has 4 rings (SSSR count). The van der Waals surface area contributed by atoms with Gasteiger partial charge >= 0.3 is 6.18 Å². The fourth-order valence-electron chi connectivity index (χ4n) is 3.76. The van der Waals surface area contributed by atoms with Crippen molar-refractivity contribution < 1.29 is 40.2 Å². The lowest BCUT2D eigenvalue weighted by Gasteiger charge is -2.34. The van der Waals surface area contributed by atoms with Crippen LogP contribution in [0, 0.1) is 5.82 Å². The second-order valence-corrected chi connectivity index (χ2v) is 11.2. The van der Waals surface area contributed by atoms with Crippen molar-refractivity contribution in [1.29, 1.82) is 0 Å². The molecule has 0 radical (unpaired) electrons. The molecule has 1 N–H and O–H groups in total. The molecule has 1 saturated heterocycles. The zero-order valence-electron chi connectivity index (χ0n) is 19.8. The summed E-state index contributed by atoms with van der Waals surface area (Å²) < 4.78 is 86.1. The minimum absolute atomic E-state index is 0.0134. The minimum atomic E-state index is -4.62. The monoisotopic (exact) mass is 545 g/mol. The van der Waals surface area contributed by atoms with E-state index in [1.165, 1.54) is 10.6 Å². The highest BCUT2D eigenvalue weighted by Crippen LogP contribution is 2.26. The predicted octanol–water partition coefficient (Wildman–Crippen LogP) is 2.72. The molecule has 4 heterocycles. The summed E-state index contributed by atoms with van der Waals surface area (Å²) in [5, 5.41) is 2.87. The van der Waals surface area contributed by atoms with Crippen LogP contribution in [0.3, 0.4) is 0 Å². The Morgan fingerprint density at radius 3 is 2.57 bits per heavy atom. The molecule has 15 heteroatoms. The number of sulfone groups is 1. The summed E-state index contributed by atoms with van der Waals surface area (Å²) in [5.74, 6) is -1.70.